The van der Waals surface area contributed by atoms with Crippen LogP contribution in [0.15, 0.2) is 30.5 Å². The molecule has 0 saturated carbocycles. The number of nitrogens with one attached hydrogen (secondary N) is 1. The van der Waals surface area contributed by atoms with Gasteiger partial charge in [0.15, 0.2) is 0 Å². The zero-order valence-corrected chi connectivity index (χ0v) is 9.83. The lowest BCUT2D eigenvalue weighted by atomic mass is 10.1. The largest absolute Gasteiger partial charge is 0.318 e. The van der Waals surface area contributed by atoms with E-state index < -0.39 is 4.92 Å². The molecule has 0 aliphatic carbocycles. The Kier molecular flexibility index (Phi) is 3.24. The first-order valence-electron chi connectivity index (χ1n) is 5.35. The van der Waals surface area contributed by atoms with E-state index >= 15 is 0 Å². The number of para-hydroxylation sites is 1. The average Bonchev–Trinajstić information content (AvgIpc) is 2.74. The molecule has 1 aromatic carbocycles. The Morgan fingerprint density at radius 1 is 1.50 bits per heavy atom. The highest BCUT2D eigenvalue weighted by atomic mass is 16.6. The van der Waals surface area contributed by atoms with Crippen LogP contribution in [0.2, 0.25) is 0 Å². The summed E-state index contributed by atoms with van der Waals surface area (Å²) in [6.07, 6.45) is 1.81. The molecule has 3 N–H and O–H groups in total. The van der Waals surface area contributed by atoms with Gasteiger partial charge in [-0.2, -0.15) is 5.10 Å². The molecule has 2 rings (SSSR count). The van der Waals surface area contributed by atoms with Crippen molar-refractivity contribution >= 4 is 11.4 Å². The summed E-state index contributed by atoms with van der Waals surface area (Å²) in [6, 6.07) is 6.68. The number of hydrogen-bond donors (Lipinski definition) is 2. The van der Waals surface area contributed by atoms with Gasteiger partial charge in [-0.3, -0.25) is 20.6 Å². The van der Waals surface area contributed by atoms with Gasteiger partial charge in [-0.25, -0.2) is 0 Å². The maximum atomic E-state index is 10.9. The van der Waals surface area contributed by atoms with Gasteiger partial charge in [-0.05, 0) is 13.0 Å². The minimum Gasteiger partial charge on any atom is -0.318 e. The Morgan fingerprint density at radius 2 is 2.28 bits per heavy atom. The van der Waals surface area contributed by atoms with Crippen LogP contribution in [0.4, 0.5) is 11.4 Å². The van der Waals surface area contributed by atoms with E-state index in [-0.39, 0.29) is 5.69 Å². The first kappa shape index (κ1) is 12.1. The number of rotatable bonds is 4. The first-order chi connectivity index (χ1) is 8.61. The number of nitrogens with two attached hydrogens (primary N) is 1. The molecule has 1 aromatic heterocycles. The van der Waals surface area contributed by atoms with Crippen LogP contribution in [-0.2, 0) is 6.54 Å². The highest BCUT2D eigenvalue weighted by Gasteiger charge is 2.16. The van der Waals surface area contributed by atoms with Crippen LogP contribution in [0.5, 0.6) is 0 Å². The molecule has 0 radical (unpaired) electrons. The summed E-state index contributed by atoms with van der Waals surface area (Å²) in [5.41, 5.74) is 4.27. The Bertz CT molecular complexity index is 579. The molecule has 0 atom stereocenters. The molecule has 18 heavy (non-hydrogen) atoms. The summed E-state index contributed by atoms with van der Waals surface area (Å²) >= 11 is 0. The smallest absolute Gasteiger partial charge is 0.293 e. The predicted molar refractivity (Wildman–Crippen MR) is 67.0 cm³/mol. The van der Waals surface area contributed by atoms with Crippen LogP contribution in [0.25, 0.3) is 0 Å². The summed E-state index contributed by atoms with van der Waals surface area (Å²) in [5, 5.41) is 15.1. The second-order valence-electron chi connectivity index (χ2n) is 3.87. The molecule has 0 aliphatic rings. The summed E-state index contributed by atoms with van der Waals surface area (Å²) in [6.45, 7) is 2.31. The monoisotopic (exact) mass is 247 g/mol. The fourth-order valence-corrected chi connectivity index (χ4v) is 1.76. The van der Waals surface area contributed by atoms with Gasteiger partial charge in [0.05, 0.1) is 17.2 Å². The van der Waals surface area contributed by atoms with E-state index in [2.05, 4.69) is 10.5 Å². The topological polar surface area (TPSA) is 99.0 Å². The first-order valence-corrected chi connectivity index (χ1v) is 5.35. The summed E-state index contributed by atoms with van der Waals surface area (Å²) in [5.74, 6) is 5.36. The molecule has 0 aliphatic heterocycles. The van der Waals surface area contributed by atoms with Gasteiger partial charge in [-0.15, -0.1) is 0 Å². The van der Waals surface area contributed by atoms with E-state index in [4.69, 9.17) is 5.84 Å². The van der Waals surface area contributed by atoms with Crippen molar-refractivity contribution in [2.75, 3.05) is 5.43 Å². The third-order valence-corrected chi connectivity index (χ3v) is 2.58. The summed E-state index contributed by atoms with van der Waals surface area (Å²) < 4.78 is 1.70. The molecule has 0 bridgehead atoms. The van der Waals surface area contributed by atoms with Crippen molar-refractivity contribution in [2.45, 2.75) is 13.5 Å². The van der Waals surface area contributed by atoms with E-state index in [9.17, 15) is 10.1 Å². The summed E-state index contributed by atoms with van der Waals surface area (Å²) in [7, 11) is 0. The quantitative estimate of drug-likeness (QED) is 0.483. The number of aromatic nitrogens is 2. The predicted octanol–water partition coefficient (Wildman–Crippen LogP) is 1.43. The zero-order valence-electron chi connectivity index (χ0n) is 9.83. The second-order valence-corrected chi connectivity index (χ2v) is 3.87. The Labute approximate surface area is 103 Å². The number of nitrogens with zero attached hydrogens (tertiary/aromatic N) is 3. The van der Waals surface area contributed by atoms with Gasteiger partial charge in [-0.1, -0.05) is 12.1 Å². The minimum atomic E-state index is -0.465. The molecule has 7 heteroatoms. The number of hydrogen-bond acceptors (Lipinski definition) is 5. The third-order valence-electron chi connectivity index (χ3n) is 2.58. The molecule has 94 valence electrons. The lowest BCUT2D eigenvalue weighted by Gasteiger charge is -2.09. The van der Waals surface area contributed by atoms with E-state index in [0.717, 1.165) is 11.3 Å². The SMILES string of the molecule is Cc1ccn(Cc2cccc([N+](=O)[O-])c2NN)n1. The van der Waals surface area contributed by atoms with Crippen molar-refractivity contribution < 1.29 is 4.92 Å². The normalized spacial score (nSPS) is 10.3. The number of nitro benzene ring substituents is 1. The lowest BCUT2D eigenvalue weighted by molar-refractivity contribution is -0.384. The van der Waals surface area contributed by atoms with Crippen LogP contribution in [0.3, 0.4) is 0 Å². The maximum Gasteiger partial charge on any atom is 0.293 e. The van der Waals surface area contributed by atoms with Gasteiger partial charge in [0.1, 0.15) is 5.69 Å². The molecule has 7 nitrogen and oxygen atoms in total. The van der Waals surface area contributed by atoms with Crippen molar-refractivity contribution in [3.8, 4) is 0 Å². The fourth-order valence-electron chi connectivity index (χ4n) is 1.76. The van der Waals surface area contributed by atoms with E-state index in [1.54, 1.807) is 16.8 Å². The van der Waals surface area contributed by atoms with Gasteiger partial charge in [0.25, 0.3) is 5.69 Å². The zero-order chi connectivity index (χ0) is 13.1. The molecule has 0 spiro atoms. The van der Waals surface area contributed by atoms with Gasteiger partial charge in [0, 0.05) is 17.8 Å². The summed E-state index contributed by atoms with van der Waals surface area (Å²) in [4.78, 5) is 10.4. The van der Waals surface area contributed by atoms with Gasteiger partial charge in [0.2, 0.25) is 0 Å². The van der Waals surface area contributed by atoms with Crippen LogP contribution in [0, 0.1) is 17.0 Å². The fraction of sp³-hybridized carbons (Fsp3) is 0.182. The minimum absolute atomic E-state index is 0.0427. The van der Waals surface area contributed by atoms with Crippen LogP contribution in [-0.4, -0.2) is 14.7 Å². The van der Waals surface area contributed by atoms with Crippen molar-refractivity contribution in [3.05, 3.63) is 51.8 Å². The maximum absolute atomic E-state index is 10.9. The molecule has 0 fully saturated rings. The third kappa shape index (κ3) is 2.30. The number of anilines is 1. The number of hydrazine groups is 1. The average molecular weight is 247 g/mol. The van der Waals surface area contributed by atoms with Crippen LogP contribution >= 0.6 is 0 Å². The van der Waals surface area contributed by atoms with E-state index in [1.165, 1.54) is 6.07 Å². The molecular weight excluding hydrogens is 234 g/mol. The van der Waals surface area contributed by atoms with E-state index in [1.807, 2.05) is 19.2 Å². The van der Waals surface area contributed by atoms with Crippen molar-refractivity contribution in [2.24, 2.45) is 5.84 Å². The molecule has 0 saturated heterocycles. The molecule has 0 unspecified atom stereocenters. The van der Waals surface area contributed by atoms with Crippen molar-refractivity contribution in [1.29, 1.82) is 0 Å². The van der Waals surface area contributed by atoms with Crippen LogP contribution in [0.1, 0.15) is 11.3 Å². The number of benzene rings is 1. The Balaban J connectivity index is 2.38. The standard InChI is InChI=1S/C11H13N5O2/c1-8-5-6-15(14-8)7-9-3-2-4-10(16(17)18)11(9)13-12/h2-6,13H,7,12H2,1H3. The van der Waals surface area contributed by atoms with Crippen molar-refractivity contribution in [1.82, 2.24) is 9.78 Å². The van der Waals surface area contributed by atoms with Crippen molar-refractivity contribution in [3.63, 3.8) is 0 Å². The van der Waals surface area contributed by atoms with Crippen LogP contribution < -0.4 is 11.3 Å². The molecule has 1 heterocycles. The van der Waals surface area contributed by atoms with E-state index in [0.29, 0.717) is 12.2 Å². The molecule has 2 aromatic rings. The van der Waals surface area contributed by atoms with Gasteiger partial charge >= 0.3 is 0 Å². The second kappa shape index (κ2) is 4.84. The Hall–Kier alpha value is -2.41. The molecule has 0 amide bonds. The number of nitrogen functional groups attached to an aromatic ring is 1. The Morgan fingerprint density at radius 3 is 2.83 bits per heavy atom. The number of aryl methyl sites for hydroxylation is 1. The number of nitro groups is 1. The highest BCUT2D eigenvalue weighted by Crippen LogP contribution is 2.27. The highest BCUT2D eigenvalue weighted by molar-refractivity contribution is 5.65. The van der Waals surface area contributed by atoms with Gasteiger partial charge < -0.3 is 5.43 Å². The lowest BCUT2D eigenvalue weighted by Crippen LogP contribution is -2.13. The molecular formula is C11H13N5O2.